The van der Waals surface area contributed by atoms with E-state index in [0.29, 0.717) is 5.57 Å². The Morgan fingerprint density at radius 2 is 1.82 bits per heavy atom. The molecule has 0 saturated heterocycles. The zero-order chi connectivity index (χ0) is 17.3. The van der Waals surface area contributed by atoms with Crippen LogP contribution in [0.2, 0.25) is 0 Å². The van der Waals surface area contributed by atoms with Crippen molar-refractivity contribution in [3.63, 3.8) is 0 Å². The van der Waals surface area contributed by atoms with Gasteiger partial charge in [-0.25, -0.2) is 4.79 Å². The molecule has 0 fully saturated rings. The summed E-state index contributed by atoms with van der Waals surface area (Å²) in [6.07, 6.45) is 6.78. The number of carbonyl (C=O) groups excluding carboxylic acids is 1. The average Bonchev–Trinajstić information content (AvgIpc) is 2.47. The Balaban J connectivity index is 5.91. The number of carbonyl (C=O) groups is 1. The van der Waals surface area contributed by atoms with Crippen LogP contribution in [0, 0.1) is 5.92 Å². The van der Waals surface area contributed by atoms with Crippen molar-refractivity contribution in [1.82, 2.24) is 0 Å². The lowest BCUT2D eigenvalue weighted by Gasteiger charge is -2.21. The van der Waals surface area contributed by atoms with Crippen molar-refractivity contribution in [2.75, 3.05) is 14.2 Å². The predicted octanol–water partition coefficient (Wildman–Crippen LogP) is 3.77. The number of ether oxygens (including phenoxy) is 2. The maximum atomic E-state index is 12.0. The summed E-state index contributed by atoms with van der Waals surface area (Å²) in [5.74, 6) is -0.264. The van der Waals surface area contributed by atoms with E-state index in [4.69, 9.17) is 9.47 Å². The van der Waals surface area contributed by atoms with Crippen LogP contribution < -0.4 is 0 Å². The largest absolute Gasteiger partial charge is 0.503 e. The molecule has 0 heterocycles. The van der Waals surface area contributed by atoms with Gasteiger partial charge in [-0.15, -0.1) is 0 Å². The Morgan fingerprint density at radius 1 is 1.23 bits per heavy atom. The zero-order valence-corrected chi connectivity index (χ0v) is 14.9. The van der Waals surface area contributed by atoms with Gasteiger partial charge in [-0.3, -0.25) is 0 Å². The van der Waals surface area contributed by atoms with Crippen molar-refractivity contribution in [1.29, 1.82) is 0 Å². The van der Waals surface area contributed by atoms with Gasteiger partial charge in [0, 0.05) is 0 Å². The van der Waals surface area contributed by atoms with Crippen LogP contribution in [0.3, 0.4) is 0 Å². The van der Waals surface area contributed by atoms with Gasteiger partial charge in [-0.1, -0.05) is 32.9 Å². The molecule has 0 aromatic heterocycles. The molecule has 1 N–H and O–H groups in total. The van der Waals surface area contributed by atoms with Gasteiger partial charge in [0.2, 0.25) is 0 Å². The smallest absolute Gasteiger partial charge is 0.341 e. The Hall–Kier alpha value is -1.55. The lowest BCUT2D eigenvalue weighted by Crippen LogP contribution is -2.21. The third kappa shape index (κ3) is 6.06. The lowest BCUT2D eigenvalue weighted by molar-refractivity contribution is -0.136. The van der Waals surface area contributed by atoms with E-state index in [-0.39, 0.29) is 5.92 Å². The van der Waals surface area contributed by atoms with E-state index in [9.17, 15) is 9.90 Å². The second-order valence-electron chi connectivity index (χ2n) is 5.79. The molecule has 1 atom stereocenters. The average molecular weight is 310 g/mol. The third-order valence-electron chi connectivity index (χ3n) is 3.73. The first-order valence-corrected chi connectivity index (χ1v) is 7.68. The maximum absolute atomic E-state index is 12.0. The molecule has 0 aromatic rings. The molecule has 0 bridgehead atoms. The van der Waals surface area contributed by atoms with E-state index >= 15 is 0 Å². The fourth-order valence-electron chi connectivity index (χ4n) is 2.15. The fraction of sp³-hybridized carbons (Fsp3) is 0.611. The monoisotopic (exact) mass is 310 g/mol. The highest BCUT2D eigenvalue weighted by molar-refractivity contribution is 5.93. The van der Waals surface area contributed by atoms with Gasteiger partial charge in [0.1, 0.15) is 0 Å². The standard InChI is InChI=1S/C18H30O4/c1-8-13(3)15(16(12-21-6)17(19)22-7)11-10-14(9-2)18(4,5)20/h10-13,20H,8-9H2,1-7H3/b14-10+,15-11+,16-12+. The molecule has 0 aliphatic heterocycles. The van der Waals surface area contributed by atoms with Gasteiger partial charge < -0.3 is 14.6 Å². The number of esters is 1. The van der Waals surface area contributed by atoms with Crippen molar-refractivity contribution in [2.24, 2.45) is 5.92 Å². The van der Waals surface area contributed by atoms with Gasteiger partial charge in [-0.05, 0) is 43.8 Å². The number of rotatable bonds is 8. The number of allylic oxidation sites excluding steroid dienone is 2. The first kappa shape index (κ1) is 20.5. The lowest BCUT2D eigenvalue weighted by atomic mass is 9.89. The van der Waals surface area contributed by atoms with Crippen molar-refractivity contribution in [2.45, 2.75) is 53.1 Å². The molecular formula is C18H30O4. The summed E-state index contributed by atoms with van der Waals surface area (Å²) in [5, 5.41) is 10.2. The van der Waals surface area contributed by atoms with E-state index in [0.717, 1.165) is 24.0 Å². The molecule has 1 unspecified atom stereocenters. The quantitative estimate of drug-likeness (QED) is 0.321. The molecule has 0 rings (SSSR count). The summed E-state index contributed by atoms with van der Waals surface area (Å²) in [6, 6.07) is 0. The number of methoxy groups -OCH3 is 2. The minimum Gasteiger partial charge on any atom is -0.503 e. The highest BCUT2D eigenvalue weighted by atomic mass is 16.5. The Labute approximate surface area is 134 Å². The van der Waals surface area contributed by atoms with E-state index in [1.807, 2.05) is 26.0 Å². The highest BCUT2D eigenvalue weighted by Gasteiger charge is 2.21. The molecule has 0 amide bonds. The summed E-state index contributed by atoms with van der Waals surface area (Å²) in [6.45, 7) is 9.60. The van der Waals surface area contributed by atoms with Crippen molar-refractivity contribution >= 4 is 5.97 Å². The second-order valence-corrected chi connectivity index (χ2v) is 5.79. The Morgan fingerprint density at radius 3 is 2.18 bits per heavy atom. The topological polar surface area (TPSA) is 55.8 Å². The summed E-state index contributed by atoms with van der Waals surface area (Å²) >= 11 is 0. The molecule has 22 heavy (non-hydrogen) atoms. The van der Waals surface area contributed by atoms with E-state index in [2.05, 4.69) is 6.92 Å². The maximum Gasteiger partial charge on any atom is 0.341 e. The molecular weight excluding hydrogens is 280 g/mol. The second kappa shape index (κ2) is 9.46. The van der Waals surface area contributed by atoms with Crippen LogP contribution in [0.25, 0.3) is 0 Å². The van der Waals surface area contributed by atoms with Crippen LogP contribution in [-0.2, 0) is 14.3 Å². The van der Waals surface area contributed by atoms with Crippen LogP contribution in [0.5, 0.6) is 0 Å². The van der Waals surface area contributed by atoms with Gasteiger partial charge in [0.25, 0.3) is 0 Å². The van der Waals surface area contributed by atoms with Crippen molar-refractivity contribution in [3.8, 4) is 0 Å². The molecule has 0 radical (unpaired) electrons. The fourth-order valence-corrected chi connectivity index (χ4v) is 2.15. The first-order chi connectivity index (χ1) is 10.2. The number of hydrogen-bond acceptors (Lipinski definition) is 4. The molecule has 4 nitrogen and oxygen atoms in total. The van der Waals surface area contributed by atoms with Crippen LogP contribution in [-0.4, -0.2) is 30.9 Å². The Bertz CT molecular complexity index is 450. The molecule has 0 saturated carbocycles. The normalized spacial score (nSPS) is 15.5. The third-order valence-corrected chi connectivity index (χ3v) is 3.73. The zero-order valence-electron chi connectivity index (χ0n) is 14.9. The van der Waals surface area contributed by atoms with Crippen molar-refractivity contribution in [3.05, 3.63) is 35.1 Å². The number of aliphatic hydroxyl groups is 1. The first-order valence-electron chi connectivity index (χ1n) is 7.68. The van der Waals surface area contributed by atoms with Crippen LogP contribution in [0.4, 0.5) is 0 Å². The summed E-state index contributed by atoms with van der Waals surface area (Å²) in [7, 11) is 2.85. The van der Waals surface area contributed by atoms with E-state index in [1.165, 1.54) is 20.5 Å². The van der Waals surface area contributed by atoms with E-state index < -0.39 is 11.6 Å². The summed E-state index contributed by atoms with van der Waals surface area (Å²) in [5.41, 5.74) is 1.26. The SMILES string of the molecule is CC\C(=C/C=C(/C(=C\OC)C(=O)OC)C(C)CC)C(C)(C)O. The summed E-state index contributed by atoms with van der Waals surface area (Å²) < 4.78 is 9.87. The number of hydrogen-bond donors (Lipinski definition) is 1. The van der Waals surface area contributed by atoms with Gasteiger partial charge >= 0.3 is 5.97 Å². The summed E-state index contributed by atoms with van der Waals surface area (Å²) in [4.78, 5) is 12.0. The predicted molar refractivity (Wildman–Crippen MR) is 89.3 cm³/mol. The van der Waals surface area contributed by atoms with Crippen LogP contribution in [0.15, 0.2) is 35.1 Å². The highest BCUT2D eigenvalue weighted by Crippen LogP contribution is 2.26. The van der Waals surface area contributed by atoms with Crippen molar-refractivity contribution < 1.29 is 19.4 Å². The minimum atomic E-state index is -0.887. The van der Waals surface area contributed by atoms with E-state index in [1.54, 1.807) is 13.8 Å². The molecule has 126 valence electrons. The van der Waals surface area contributed by atoms with Gasteiger partial charge in [0.15, 0.2) is 0 Å². The molecule has 0 aliphatic rings. The van der Waals surface area contributed by atoms with Crippen LogP contribution in [0.1, 0.15) is 47.5 Å². The van der Waals surface area contributed by atoms with Crippen LogP contribution >= 0.6 is 0 Å². The van der Waals surface area contributed by atoms with Gasteiger partial charge in [-0.2, -0.15) is 0 Å². The molecule has 0 spiro atoms. The molecule has 4 heteroatoms. The minimum absolute atomic E-state index is 0.164. The van der Waals surface area contributed by atoms with Gasteiger partial charge in [0.05, 0.1) is 31.7 Å². The Kier molecular flexibility index (Phi) is 8.80. The molecule has 0 aliphatic carbocycles. The molecule has 0 aromatic carbocycles.